The summed E-state index contributed by atoms with van der Waals surface area (Å²) in [6.07, 6.45) is 0. The number of hydrogen-bond donors (Lipinski definition) is 2. The number of hydrogen-bond acceptors (Lipinski definition) is 3. The Kier molecular flexibility index (Phi) is 4.66. The summed E-state index contributed by atoms with van der Waals surface area (Å²) < 4.78 is 5.92. The molecule has 1 aromatic heterocycles. The molecule has 5 nitrogen and oxygen atoms in total. The first-order chi connectivity index (χ1) is 12.0. The standard InChI is InChI=1S/C20H18N2O3/c1-13(23)21-17-7-3-15(4-8-17)19-11-12-20(25-19)16-5-9-18(10-6-16)22-14(2)24/h3-12H,1-2H3,(H,21,23)(H,22,24). The predicted molar refractivity (Wildman–Crippen MR) is 98.2 cm³/mol. The topological polar surface area (TPSA) is 71.3 Å². The molecule has 0 aliphatic heterocycles. The highest BCUT2D eigenvalue weighted by molar-refractivity contribution is 5.89. The predicted octanol–water partition coefficient (Wildman–Crippen LogP) is 4.53. The second-order valence-corrected chi connectivity index (χ2v) is 5.68. The molecule has 0 unspecified atom stereocenters. The molecule has 0 spiro atoms. The van der Waals surface area contributed by atoms with Gasteiger partial charge in [-0.3, -0.25) is 9.59 Å². The molecule has 0 aliphatic carbocycles. The Bertz CT molecular complexity index is 819. The summed E-state index contributed by atoms with van der Waals surface area (Å²) in [5, 5.41) is 5.47. The van der Waals surface area contributed by atoms with Gasteiger partial charge in [0, 0.05) is 36.3 Å². The van der Waals surface area contributed by atoms with Crippen molar-refractivity contribution in [2.24, 2.45) is 0 Å². The van der Waals surface area contributed by atoms with Gasteiger partial charge in [-0.15, -0.1) is 0 Å². The Balaban J connectivity index is 1.77. The molecule has 1 heterocycles. The molecular weight excluding hydrogens is 316 g/mol. The van der Waals surface area contributed by atoms with Crippen LogP contribution < -0.4 is 10.6 Å². The second kappa shape index (κ2) is 7.05. The van der Waals surface area contributed by atoms with Crippen LogP contribution in [-0.4, -0.2) is 11.8 Å². The minimum Gasteiger partial charge on any atom is -0.456 e. The monoisotopic (exact) mass is 334 g/mol. The van der Waals surface area contributed by atoms with Crippen molar-refractivity contribution < 1.29 is 14.0 Å². The van der Waals surface area contributed by atoms with Gasteiger partial charge in [-0.1, -0.05) is 0 Å². The third-order valence-corrected chi connectivity index (χ3v) is 3.59. The van der Waals surface area contributed by atoms with Crippen molar-refractivity contribution in [2.75, 3.05) is 10.6 Å². The molecule has 126 valence electrons. The number of nitrogens with one attached hydrogen (secondary N) is 2. The van der Waals surface area contributed by atoms with Crippen LogP contribution in [0.3, 0.4) is 0 Å². The van der Waals surface area contributed by atoms with E-state index in [-0.39, 0.29) is 11.8 Å². The largest absolute Gasteiger partial charge is 0.456 e. The second-order valence-electron chi connectivity index (χ2n) is 5.68. The summed E-state index contributed by atoms with van der Waals surface area (Å²) in [6.45, 7) is 2.95. The maximum atomic E-state index is 11.1. The van der Waals surface area contributed by atoms with E-state index in [1.54, 1.807) is 0 Å². The van der Waals surface area contributed by atoms with Gasteiger partial charge >= 0.3 is 0 Å². The molecule has 2 amide bonds. The van der Waals surface area contributed by atoms with E-state index in [9.17, 15) is 9.59 Å². The fourth-order valence-corrected chi connectivity index (χ4v) is 2.49. The third-order valence-electron chi connectivity index (χ3n) is 3.59. The minimum atomic E-state index is -0.101. The molecule has 3 aromatic rings. The van der Waals surface area contributed by atoms with E-state index in [4.69, 9.17) is 4.42 Å². The maximum absolute atomic E-state index is 11.1. The number of amides is 2. The van der Waals surface area contributed by atoms with Gasteiger partial charge in [-0.05, 0) is 60.7 Å². The van der Waals surface area contributed by atoms with Crippen molar-refractivity contribution in [3.05, 3.63) is 60.7 Å². The van der Waals surface area contributed by atoms with E-state index in [1.807, 2.05) is 60.7 Å². The first kappa shape index (κ1) is 16.5. The lowest BCUT2D eigenvalue weighted by molar-refractivity contribution is -0.115. The fourth-order valence-electron chi connectivity index (χ4n) is 2.49. The number of furan rings is 1. The maximum Gasteiger partial charge on any atom is 0.221 e. The van der Waals surface area contributed by atoms with Crippen molar-refractivity contribution in [1.82, 2.24) is 0 Å². The molecule has 3 rings (SSSR count). The van der Waals surface area contributed by atoms with Crippen LogP contribution >= 0.6 is 0 Å². The Hall–Kier alpha value is -3.34. The van der Waals surface area contributed by atoms with Crippen molar-refractivity contribution >= 4 is 23.2 Å². The lowest BCUT2D eigenvalue weighted by atomic mass is 10.1. The lowest BCUT2D eigenvalue weighted by Crippen LogP contribution is -2.05. The number of benzene rings is 2. The van der Waals surface area contributed by atoms with Gasteiger partial charge in [0.1, 0.15) is 11.5 Å². The van der Waals surface area contributed by atoms with Crippen LogP contribution in [0.15, 0.2) is 65.1 Å². The van der Waals surface area contributed by atoms with Crippen LogP contribution in [-0.2, 0) is 9.59 Å². The molecule has 2 N–H and O–H groups in total. The van der Waals surface area contributed by atoms with Gasteiger partial charge in [-0.2, -0.15) is 0 Å². The molecule has 0 atom stereocenters. The summed E-state index contributed by atoms with van der Waals surface area (Å²) in [5.74, 6) is 1.29. The molecule has 0 radical (unpaired) electrons. The van der Waals surface area contributed by atoms with Crippen LogP contribution in [0.4, 0.5) is 11.4 Å². The number of rotatable bonds is 4. The van der Waals surface area contributed by atoms with E-state index in [0.29, 0.717) is 0 Å². The highest BCUT2D eigenvalue weighted by Gasteiger charge is 2.07. The quantitative estimate of drug-likeness (QED) is 0.736. The smallest absolute Gasteiger partial charge is 0.221 e. The van der Waals surface area contributed by atoms with Crippen molar-refractivity contribution in [2.45, 2.75) is 13.8 Å². The molecule has 0 saturated carbocycles. The first-order valence-electron chi connectivity index (χ1n) is 7.87. The summed E-state index contributed by atoms with van der Waals surface area (Å²) in [7, 11) is 0. The average molecular weight is 334 g/mol. The molecule has 0 bridgehead atoms. The fraction of sp³-hybridized carbons (Fsp3) is 0.100. The Morgan fingerprint density at radius 1 is 0.640 bits per heavy atom. The van der Waals surface area contributed by atoms with Gasteiger partial charge in [-0.25, -0.2) is 0 Å². The normalized spacial score (nSPS) is 10.3. The summed E-state index contributed by atoms with van der Waals surface area (Å²) >= 11 is 0. The van der Waals surface area contributed by atoms with Crippen LogP contribution in [0.2, 0.25) is 0 Å². The van der Waals surface area contributed by atoms with E-state index in [1.165, 1.54) is 13.8 Å². The molecule has 0 aliphatic rings. The van der Waals surface area contributed by atoms with Crippen molar-refractivity contribution in [3.63, 3.8) is 0 Å². The Labute approximate surface area is 145 Å². The highest BCUT2D eigenvalue weighted by atomic mass is 16.3. The van der Waals surface area contributed by atoms with E-state index >= 15 is 0 Å². The third kappa shape index (κ3) is 4.14. The molecule has 25 heavy (non-hydrogen) atoms. The van der Waals surface area contributed by atoms with Gasteiger partial charge < -0.3 is 15.1 Å². The Morgan fingerprint density at radius 3 is 1.32 bits per heavy atom. The first-order valence-corrected chi connectivity index (χ1v) is 7.87. The molecule has 2 aromatic carbocycles. The van der Waals surface area contributed by atoms with Crippen LogP contribution in [0.25, 0.3) is 22.6 Å². The summed E-state index contributed by atoms with van der Waals surface area (Å²) in [5.41, 5.74) is 3.35. The van der Waals surface area contributed by atoms with Crippen LogP contribution in [0, 0.1) is 0 Å². The highest BCUT2D eigenvalue weighted by Crippen LogP contribution is 2.29. The van der Waals surface area contributed by atoms with E-state index in [0.717, 1.165) is 34.0 Å². The zero-order valence-electron chi connectivity index (χ0n) is 14.0. The number of carbonyl (C=O) groups excluding carboxylic acids is 2. The van der Waals surface area contributed by atoms with Crippen molar-refractivity contribution in [3.8, 4) is 22.6 Å². The van der Waals surface area contributed by atoms with Crippen LogP contribution in [0.5, 0.6) is 0 Å². The average Bonchev–Trinajstić information content (AvgIpc) is 3.05. The number of carbonyl (C=O) groups is 2. The molecule has 0 fully saturated rings. The van der Waals surface area contributed by atoms with E-state index < -0.39 is 0 Å². The van der Waals surface area contributed by atoms with Gasteiger partial charge in [0.15, 0.2) is 0 Å². The minimum absolute atomic E-state index is 0.101. The zero-order chi connectivity index (χ0) is 17.8. The van der Waals surface area contributed by atoms with E-state index in [2.05, 4.69) is 10.6 Å². The van der Waals surface area contributed by atoms with Crippen LogP contribution in [0.1, 0.15) is 13.8 Å². The van der Waals surface area contributed by atoms with Crippen molar-refractivity contribution in [1.29, 1.82) is 0 Å². The molecular formula is C20H18N2O3. The van der Waals surface area contributed by atoms with Gasteiger partial charge in [0.25, 0.3) is 0 Å². The zero-order valence-corrected chi connectivity index (χ0v) is 14.0. The van der Waals surface area contributed by atoms with Gasteiger partial charge in [0.05, 0.1) is 0 Å². The molecule has 5 heteroatoms. The lowest BCUT2D eigenvalue weighted by Gasteiger charge is -2.04. The van der Waals surface area contributed by atoms with Gasteiger partial charge in [0.2, 0.25) is 11.8 Å². The Morgan fingerprint density at radius 2 is 1.00 bits per heavy atom. The molecule has 0 saturated heterocycles. The summed E-state index contributed by atoms with van der Waals surface area (Å²) in [4.78, 5) is 22.1. The summed E-state index contributed by atoms with van der Waals surface area (Å²) in [6, 6.07) is 18.7. The SMILES string of the molecule is CC(=O)Nc1ccc(-c2ccc(-c3ccc(NC(C)=O)cc3)o2)cc1. The number of anilines is 2.